The maximum Gasteiger partial charge on any atom is 0.257 e. The lowest BCUT2D eigenvalue weighted by atomic mass is 10.1. The van der Waals surface area contributed by atoms with Gasteiger partial charge in [-0.15, -0.1) is 0 Å². The van der Waals surface area contributed by atoms with Gasteiger partial charge in [-0.25, -0.2) is 9.97 Å². The molecule has 7 heteroatoms. The lowest BCUT2D eigenvalue weighted by Crippen LogP contribution is -2.49. The van der Waals surface area contributed by atoms with Crippen molar-refractivity contribution in [1.82, 2.24) is 24.8 Å². The molecule has 2 fully saturated rings. The van der Waals surface area contributed by atoms with E-state index in [1.54, 1.807) is 24.8 Å². The van der Waals surface area contributed by atoms with Crippen LogP contribution in [0.4, 0.5) is 0 Å². The molecular formula is C19H23N5O2. The van der Waals surface area contributed by atoms with Crippen LogP contribution in [0.5, 0.6) is 0 Å². The first-order chi connectivity index (χ1) is 12.7. The second-order valence-corrected chi connectivity index (χ2v) is 6.96. The van der Waals surface area contributed by atoms with Gasteiger partial charge < -0.3 is 9.64 Å². The molecule has 1 aliphatic carbocycles. The van der Waals surface area contributed by atoms with E-state index in [1.807, 2.05) is 11.8 Å². The minimum Gasteiger partial charge on any atom is -0.377 e. The molecule has 1 saturated heterocycles. The Morgan fingerprint density at radius 1 is 1.19 bits per heavy atom. The molecule has 26 heavy (non-hydrogen) atoms. The summed E-state index contributed by atoms with van der Waals surface area (Å²) in [7, 11) is 0. The number of carbonyl (C=O) groups is 1. The van der Waals surface area contributed by atoms with Gasteiger partial charge in [0.25, 0.3) is 5.91 Å². The molecule has 0 N–H and O–H groups in total. The van der Waals surface area contributed by atoms with Crippen molar-refractivity contribution >= 4 is 5.91 Å². The van der Waals surface area contributed by atoms with Gasteiger partial charge in [-0.2, -0.15) is 0 Å². The van der Waals surface area contributed by atoms with E-state index in [9.17, 15) is 4.79 Å². The monoisotopic (exact) mass is 353 g/mol. The minimum atomic E-state index is -0.0171. The number of hydrogen-bond donors (Lipinski definition) is 0. The number of carbonyl (C=O) groups excluding carboxylic acids is 1. The number of ether oxygens (including phenoxy) is 1. The van der Waals surface area contributed by atoms with Crippen LogP contribution in [0, 0.1) is 6.92 Å². The molecule has 1 atom stereocenters. The summed E-state index contributed by atoms with van der Waals surface area (Å²) in [6, 6.07) is 0.0285. The number of amides is 1. The summed E-state index contributed by atoms with van der Waals surface area (Å²) < 4.78 is 5.61. The van der Waals surface area contributed by atoms with Crippen LogP contribution in [-0.4, -0.2) is 56.5 Å². The molecule has 0 bridgehead atoms. The van der Waals surface area contributed by atoms with Gasteiger partial charge in [0.15, 0.2) is 0 Å². The van der Waals surface area contributed by atoms with E-state index < -0.39 is 0 Å². The van der Waals surface area contributed by atoms with Crippen LogP contribution in [0.2, 0.25) is 0 Å². The molecule has 3 heterocycles. The summed E-state index contributed by atoms with van der Waals surface area (Å²) >= 11 is 0. The zero-order valence-corrected chi connectivity index (χ0v) is 15.0. The van der Waals surface area contributed by atoms with Crippen molar-refractivity contribution in [2.75, 3.05) is 19.8 Å². The SMILES string of the molecule is Cc1nccnc1CC[C@H]1COCCN1C(=O)c1cnc(C2CC2)nc1. The first kappa shape index (κ1) is 17.0. The van der Waals surface area contributed by atoms with Gasteiger partial charge >= 0.3 is 0 Å². The fourth-order valence-corrected chi connectivity index (χ4v) is 3.31. The predicted molar refractivity (Wildman–Crippen MR) is 94.7 cm³/mol. The van der Waals surface area contributed by atoms with Gasteiger partial charge in [-0.1, -0.05) is 0 Å². The fourth-order valence-electron chi connectivity index (χ4n) is 3.31. The van der Waals surface area contributed by atoms with E-state index in [1.165, 1.54) is 0 Å². The third-order valence-corrected chi connectivity index (χ3v) is 5.05. The van der Waals surface area contributed by atoms with Crippen LogP contribution in [0.1, 0.15) is 52.8 Å². The Kier molecular flexibility index (Phi) is 4.88. The normalized spacial score (nSPS) is 20.2. The Morgan fingerprint density at radius 2 is 1.96 bits per heavy atom. The highest BCUT2D eigenvalue weighted by Gasteiger charge is 2.30. The van der Waals surface area contributed by atoms with E-state index >= 15 is 0 Å². The summed E-state index contributed by atoms with van der Waals surface area (Å²) in [5.74, 6) is 1.33. The average molecular weight is 353 g/mol. The quantitative estimate of drug-likeness (QED) is 0.817. The molecule has 2 aliphatic rings. The molecule has 0 aromatic carbocycles. The number of morpholine rings is 1. The summed E-state index contributed by atoms with van der Waals surface area (Å²) in [5.41, 5.74) is 2.46. The predicted octanol–water partition coefficient (Wildman–Crippen LogP) is 1.93. The number of aromatic nitrogens is 4. The molecule has 1 saturated carbocycles. The van der Waals surface area contributed by atoms with E-state index in [4.69, 9.17) is 4.74 Å². The zero-order valence-electron chi connectivity index (χ0n) is 15.0. The van der Waals surface area contributed by atoms with E-state index in [0.717, 1.165) is 42.9 Å². The number of hydrogen-bond acceptors (Lipinski definition) is 6. The van der Waals surface area contributed by atoms with Crippen molar-refractivity contribution in [2.45, 2.75) is 44.6 Å². The standard InChI is InChI=1S/C19H23N5O2/c1-13-17(21-7-6-20-13)5-4-16-12-26-9-8-24(16)19(25)15-10-22-18(23-11-15)14-2-3-14/h6-7,10-11,14,16H,2-5,8-9,12H2,1H3/t16-/m0/s1. The first-order valence-electron chi connectivity index (χ1n) is 9.19. The van der Waals surface area contributed by atoms with Gasteiger partial charge in [0.2, 0.25) is 0 Å². The smallest absolute Gasteiger partial charge is 0.257 e. The molecule has 1 aliphatic heterocycles. The van der Waals surface area contributed by atoms with Crippen molar-refractivity contribution in [3.63, 3.8) is 0 Å². The second-order valence-electron chi connectivity index (χ2n) is 6.96. The Bertz CT molecular complexity index is 776. The molecule has 1 amide bonds. The van der Waals surface area contributed by atoms with Crippen LogP contribution >= 0.6 is 0 Å². The van der Waals surface area contributed by atoms with Crippen LogP contribution in [0.3, 0.4) is 0 Å². The number of aryl methyl sites for hydroxylation is 2. The van der Waals surface area contributed by atoms with E-state index in [0.29, 0.717) is 31.2 Å². The highest BCUT2D eigenvalue weighted by Crippen LogP contribution is 2.37. The molecule has 0 unspecified atom stereocenters. The van der Waals surface area contributed by atoms with Gasteiger partial charge in [0.05, 0.1) is 36.2 Å². The fraction of sp³-hybridized carbons (Fsp3) is 0.526. The molecule has 2 aromatic heterocycles. The largest absolute Gasteiger partial charge is 0.377 e. The van der Waals surface area contributed by atoms with E-state index in [2.05, 4.69) is 19.9 Å². The van der Waals surface area contributed by atoms with Gasteiger partial charge in [0, 0.05) is 37.3 Å². The van der Waals surface area contributed by atoms with Crippen molar-refractivity contribution in [1.29, 1.82) is 0 Å². The highest BCUT2D eigenvalue weighted by molar-refractivity contribution is 5.93. The molecular weight excluding hydrogens is 330 g/mol. The Balaban J connectivity index is 1.44. The van der Waals surface area contributed by atoms with Crippen molar-refractivity contribution < 1.29 is 9.53 Å². The topological polar surface area (TPSA) is 81.1 Å². The third kappa shape index (κ3) is 3.72. The lowest BCUT2D eigenvalue weighted by molar-refractivity contribution is -0.00419. The van der Waals surface area contributed by atoms with Crippen LogP contribution in [0.25, 0.3) is 0 Å². The van der Waals surface area contributed by atoms with Crippen molar-refractivity contribution in [3.8, 4) is 0 Å². The second kappa shape index (κ2) is 7.45. The van der Waals surface area contributed by atoms with Gasteiger partial charge in [-0.05, 0) is 32.6 Å². The lowest BCUT2D eigenvalue weighted by Gasteiger charge is -2.35. The maximum atomic E-state index is 12.9. The van der Waals surface area contributed by atoms with Crippen molar-refractivity contribution in [2.24, 2.45) is 0 Å². The molecule has 0 spiro atoms. The molecule has 7 nitrogen and oxygen atoms in total. The Morgan fingerprint density at radius 3 is 2.69 bits per heavy atom. The highest BCUT2D eigenvalue weighted by atomic mass is 16.5. The molecule has 4 rings (SSSR count). The minimum absolute atomic E-state index is 0.0171. The van der Waals surface area contributed by atoms with Gasteiger partial charge in [0.1, 0.15) is 5.82 Å². The Hall–Kier alpha value is -2.41. The van der Waals surface area contributed by atoms with Gasteiger partial charge in [-0.3, -0.25) is 14.8 Å². The van der Waals surface area contributed by atoms with Crippen LogP contribution in [-0.2, 0) is 11.2 Å². The van der Waals surface area contributed by atoms with E-state index in [-0.39, 0.29) is 11.9 Å². The third-order valence-electron chi connectivity index (χ3n) is 5.05. The molecule has 0 radical (unpaired) electrons. The summed E-state index contributed by atoms with van der Waals surface area (Å²) in [5, 5.41) is 0. The summed E-state index contributed by atoms with van der Waals surface area (Å²) in [6.07, 6.45) is 10.6. The zero-order chi connectivity index (χ0) is 17.9. The molecule has 136 valence electrons. The van der Waals surface area contributed by atoms with Crippen LogP contribution in [0.15, 0.2) is 24.8 Å². The Labute approximate surface area is 152 Å². The summed E-state index contributed by atoms with van der Waals surface area (Å²) in [4.78, 5) is 32.3. The average Bonchev–Trinajstić information content (AvgIpc) is 3.53. The number of nitrogens with zero attached hydrogens (tertiary/aromatic N) is 5. The van der Waals surface area contributed by atoms with Crippen molar-refractivity contribution in [3.05, 3.63) is 47.6 Å². The van der Waals surface area contributed by atoms with Crippen LogP contribution < -0.4 is 0 Å². The summed E-state index contributed by atoms with van der Waals surface area (Å²) in [6.45, 7) is 3.66. The molecule has 2 aromatic rings. The number of rotatable bonds is 5. The maximum absolute atomic E-state index is 12.9. The first-order valence-corrected chi connectivity index (χ1v) is 9.19.